The smallest absolute Gasteiger partial charge is 0.0108 e. The van der Waals surface area contributed by atoms with Crippen LogP contribution in [0, 0.1) is 17.8 Å². The third kappa shape index (κ3) is 2.29. The van der Waals surface area contributed by atoms with Gasteiger partial charge in [-0.2, -0.15) is 0 Å². The van der Waals surface area contributed by atoms with Gasteiger partial charge in [0.05, 0.1) is 0 Å². The maximum atomic E-state index is 3.65. The summed E-state index contributed by atoms with van der Waals surface area (Å²) in [6, 6.07) is 0.809. The molecule has 2 N–H and O–H groups in total. The van der Waals surface area contributed by atoms with E-state index in [0.717, 1.165) is 23.8 Å². The Labute approximate surface area is 87.8 Å². The predicted octanol–water partition coefficient (Wildman–Crippen LogP) is 1.62. The molecular weight excluding hydrogens is 172 g/mol. The highest BCUT2D eigenvalue weighted by Crippen LogP contribution is 2.28. The molecule has 82 valence electrons. The molecular formula is C12H24N2. The molecule has 0 aromatic carbocycles. The SMILES string of the molecule is CC(C)C1CNCC(C2CCCN2)C1. The van der Waals surface area contributed by atoms with Crippen LogP contribution in [0.15, 0.2) is 0 Å². The van der Waals surface area contributed by atoms with Gasteiger partial charge in [-0.3, -0.25) is 0 Å². The molecule has 0 aromatic rings. The fourth-order valence-electron chi connectivity index (χ4n) is 2.94. The highest BCUT2D eigenvalue weighted by Gasteiger charge is 2.30. The molecule has 2 fully saturated rings. The molecule has 0 radical (unpaired) electrons. The Hall–Kier alpha value is -0.0800. The molecule has 2 nitrogen and oxygen atoms in total. The van der Waals surface area contributed by atoms with Crippen LogP contribution in [0.1, 0.15) is 33.1 Å². The van der Waals surface area contributed by atoms with Crippen LogP contribution in [-0.4, -0.2) is 25.7 Å². The van der Waals surface area contributed by atoms with Crippen molar-refractivity contribution >= 4 is 0 Å². The zero-order chi connectivity index (χ0) is 9.97. The Kier molecular flexibility index (Phi) is 3.45. The first kappa shape index (κ1) is 10.4. The third-order valence-corrected chi connectivity index (χ3v) is 4.03. The van der Waals surface area contributed by atoms with Crippen LogP contribution in [0.4, 0.5) is 0 Å². The molecule has 2 heterocycles. The van der Waals surface area contributed by atoms with Gasteiger partial charge in [-0.15, -0.1) is 0 Å². The average molecular weight is 196 g/mol. The second-order valence-corrected chi connectivity index (χ2v) is 5.36. The summed E-state index contributed by atoms with van der Waals surface area (Å²) < 4.78 is 0. The van der Waals surface area contributed by atoms with Crippen molar-refractivity contribution in [3.63, 3.8) is 0 Å². The van der Waals surface area contributed by atoms with Crippen molar-refractivity contribution in [2.24, 2.45) is 17.8 Å². The van der Waals surface area contributed by atoms with Crippen molar-refractivity contribution < 1.29 is 0 Å². The van der Waals surface area contributed by atoms with E-state index in [2.05, 4.69) is 24.5 Å². The number of nitrogens with one attached hydrogen (secondary N) is 2. The van der Waals surface area contributed by atoms with E-state index in [1.165, 1.54) is 38.9 Å². The molecule has 0 aliphatic carbocycles. The van der Waals surface area contributed by atoms with Crippen molar-refractivity contribution in [2.75, 3.05) is 19.6 Å². The van der Waals surface area contributed by atoms with E-state index in [-0.39, 0.29) is 0 Å². The van der Waals surface area contributed by atoms with Crippen LogP contribution in [0.3, 0.4) is 0 Å². The molecule has 2 aliphatic heterocycles. The van der Waals surface area contributed by atoms with Gasteiger partial charge in [-0.25, -0.2) is 0 Å². The number of hydrogen-bond acceptors (Lipinski definition) is 2. The van der Waals surface area contributed by atoms with Gasteiger partial charge in [0, 0.05) is 6.04 Å². The van der Waals surface area contributed by atoms with E-state index in [0.29, 0.717) is 0 Å². The number of hydrogen-bond donors (Lipinski definition) is 2. The monoisotopic (exact) mass is 196 g/mol. The molecule has 3 unspecified atom stereocenters. The van der Waals surface area contributed by atoms with Crippen LogP contribution in [0.5, 0.6) is 0 Å². The maximum absolute atomic E-state index is 3.65. The summed E-state index contributed by atoms with van der Waals surface area (Å²) in [6.07, 6.45) is 4.22. The molecule has 2 saturated heterocycles. The normalized spacial score (nSPS) is 39.2. The van der Waals surface area contributed by atoms with Crippen molar-refractivity contribution in [1.82, 2.24) is 10.6 Å². The maximum Gasteiger partial charge on any atom is 0.0108 e. The molecule has 3 atom stereocenters. The Balaban J connectivity index is 1.86. The molecule has 2 aliphatic rings. The summed E-state index contributed by atoms with van der Waals surface area (Å²) in [5, 5.41) is 7.25. The zero-order valence-corrected chi connectivity index (χ0v) is 9.55. The van der Waals surface area contributed by atoms with Crippen LogP contribution < -0.4 is 10.6 Å². The van der Waals surface area contributed by atoms with Gasteiger partial charge in [-0.05, 0) is 56.7 Å². The fourth-order valence-corrected chi connectivity index (χ4v) is 2.94. The van der Waals surface area contributed by atoms with Crippen LogP contribution in [0.2, 0.25) is 0 Å². The Bertz CT molecular complexity index is 173. The Morgan fingerprint density at radius 1 is 1.21 bits per heavy atom. The van der Waals surface area contributed by atoms with E-state index in [9.17, 15) is 0 Å². The first-order valence-electron chi connectivity index (χ1n) is 6.21. The predicted molar refractivity (Wildman–Crippen MR) is 60.3 cm³/mol. The molecule has 0 aromatic heterocycles. The van der Waals surface area contributed by atoms with Crippen LogP contribution in [-0.2, 0) is 0 Å². The summed E-state index contributed by atoms with van der Waals surface area (Å²) in [7, 11) is 0. The van der Waals surface area contributed by atoms with Crippen molar-refractivity contribution in [1.29, 1.82) is 0 Å². The largest absolute Gasteiger partial charge is 0.316 e. The van der Waals surface area contributed by atoms with Gasteiger partial charge < -0.3 is 10.6 Å². The number of rotatable bonds is 2. The summed E-state index contributed by atoms with van der Waals surface area (Å²) >= 11 is 0. The average Bonchev–Trinajstić information content (AvgIpc) is 2.71. The van der Waals surface area contributed by atoms with E-state index in [4.69, 9.17) is 0 Å². The molecule has 0 amide bonds. The standard InChI is InChI=1S/C12H24N2/c1-9(2)10-6-11(8-13-7-10)12-4-3-5-14-12/h9-14H,3-8H2,1-2H3. The molecule has 0 bridgehead atoms. The van der Waals surface area contributed by atoms with Gasteiger partial charge in [0.2, 0.25) is 0 Å². The second-order valence-electron chi connectivity index (χ2n) is 5.36. The highest BCUT2D eigenvalue weighted by atomic mass is 15.0. The van der Waals surface area contributed by atoms with E-state index < -0.39 is 0 Å². The van der Waals surface area contributed by atoms with Crippen molar-refractivity contribution in [3.05, 3.63) is 0 Å². The quantitative estimate of drug-likeness (QED) is 0.701. The summed E-state index contributed by atoms with van der Waals surface area (Å²) in [5.74, 6) is 2.63. The van der Waals surface area contributed by atoms with E-state index in [1.807, 2.05) is 0 Å². The van der Waals surface area contributed by atoms with Crippen LogP contribution >= 0.6 is 0 Å². The molecule has 2 rings (SSSR count). The second kappa shape index (κ2) is 4.63. The van der Waals surface area contributed by atoms with E-state index in [1.54, 1.807) is 0 Å². The number of piperidine rings is 1. The zero-order valence-electron chi connectivity index (χ0n) is 9.55. The topological polar surface area (TPSA) is 24.1 Å². The Morgan fingerprint density at radius 2 is 2.07 bits per heavy atom. The van der Waals surface area contributed by atoms with Gasteiger partial charge in [0.1, 0.15) is 0 Å². The lowest BCUT2D eigenvalue weighted by molar-refractivity contribution is 0.202. The molecule has 0 spiro atoms. The molecule has 14 heavy (non-hydrogen) atoms. The molecule has 2 heteroatoms. The lowest BCUT2D eigenvalue weighted by atomic mass is 9.80. The highest BCUT2D eigenvalue weighted by molar-refractivity contribution is 4.88. The lowest BCUT2D eigenvalue weighted by Crippen LogP contribution is -2.45. The first-order chi connectivity index (χ1) is 6.77. The van der Waals surface area contributed by atoms with Gasteiger partial charge in [0.25, 0.3) is 0 Å². The minimum atomic E-state index is 0.809. The van der Waals surface area contributed by atoms with Crippen molar-refractivity contribution in [2.45, 2.75) is 39.2 Å². The lowest BCUT2D eigenvalue weighted by Gasteiger charge is -2.35. The summed E-state index contributed by atoms with van der Waals surface area (Å²) in [5.41, 5.74) is 0. The fraction of sp³-hybridized carbons (Fsp3) is 1.00. The minimum Gasteiger partial charge on any atom is -0.316 e. The first-order valence-corrected chi connectivity index (χ1v) is 6.21. The third-order valence-electron chi connectivity index (χ3n) is 4.03. The Morgan fingerprint density at radius 3 is 2.71 bits per heavy atom. The van der Waals surface area contributed by atoms with Gasteiger partial charge >= 0.3 is 0 Å². The van der Waals surface area contributed by atoms with Gasteiger partial charge in [0.15, 0.2) is 0 Å². The minimum absolute atomic E-state index is 0.809. The van der Waals surface area contributed by atoms with E-state index >= 15 is 0 Å². The molecule has 0 saturated carbocycles. The summed E-state index contributed by atoms with van der Waals surface area (Å²) in [4.78, 5) is 0. The van der Waals surface area contributed by atoms with Crippen molar-refractivity contribution in [3.8, 4) is 0 Å². The van der Waals surface area contributed by atoms with Crippen LogP contribution in [0.25, 0.3) is 0 Å². The summed E-state index contributed by atoms with van der Waals surface area (Å²) in [6.45, 7) is 8.43. The van der Waals surface area contributed by atoms with Gasteiger partial charge in [-0.1, -0.05) is 13.8 Å².